The van der Waals surface area contributed by atoms with E-state index in [0.29, 0.717) is 53.0 Å². The Morgan fingerprint density at radius 2 is 1.77 bits per heavy atom. The molecule has 0 spiro atoms. The van der Waals surface area contributed by atoms with Crippen LogP contribution in [0, 0.1) is 29.6 Å². The van der Waals surface area contributed by atoms with E-state index in [9.17, 15) is 19.8 Å². The van der Waals surface area contributed by atoms with Crippen molar-refractivity contribution in [1.82, 2.24) is 20.6 Å². The number of hydroxylamine groups is 2. The quantitative estimate of drug-likeness (QED) is 0.163. The summed E-state index contributed by atoms with van der Waals surface area (Å²) in [7, 11) is 9.46. The van der Waals surface area contributed by atoms with Gasteiger partial charge in [-0.1, -0.05) is 55.8 Å². The van der Waals surface area contributed by atoms with Crippen molar-refractivity contribution in [2.24, 2.45) is 29.6 Å². The molecule has 2 amide bonds. The molecule has 3 aliphatic carbocycles. The minimum absolute atomic E-state index is 0.0518. The van der Waals surface area contributed by atoms with Gasteiger partial charge in [-0.2, -0.15) is 5.06 Å². The number of methoxy groups -OCH3 is 1. The fourth-order valence-electron chi connectivity index (χ4n) is 9.39. The van der Waals surface area contributed by atoms with Crippen LogP contribution in [0.2, 0.25) is 5.02 Å². The van der Waals surface area contributed by atoms with Crippen molar-refractivity contribution < 1.29 is 29.4 Å². The molecule has 4 aliphatic rings. The lowest BCUT2D eigenvalue weighted by molar-refractivity contribution is -0.182. The van der Waals surface area contributed by atoms with Crippen LogP contribution in [-0.2, 0) is 22.6 Å². The van der Waals surface area contributed by atoms with Crippen LogP contribution in [0.15, 0.2) is 60.7 Å². The Bertz CT molecular complexity index is 1840. The van der Waals surface area contributed by atoms with Gasteiger partial charge in [0.05, 0.1) is 26.4 Å². The first kappa shape index (κ1) is 41.9. The van der Waals surface area contributed by atoms with Crippen molar-refractivity contribution in [3.8, 4) is 16.9 Å². The molecular weight excluding hydrogens is 730 g/mol. The molecule has 7 rings (SSSR count). The second-order valence-corrected chi connectivity index (χ2v) is 17.3. The molecule has 0 radical (unpaired) electrons. The zero-order valence-corrected chi connectivity index (χ0v) is 34.8. The summed E-state index contributed by atoms with van der Waals surface area (Å²) < 4.78 is 6.10. The molecule has 1 heterocycles. The Hall–Kier alpha value is -3.71. The summed E-state index contributed by atoms with van der Waals surface area (Å²) in [6.45, 7) is 6.66. The summed E-state index contributed by atoms with van der Waals surface area (Å²) in [5.41, 5.74) is 4.73. The number of aliphatic hydroxyl groups is 2. The van der Waals surface area contributed by atoms with Gasteiger partial charge in [-0.3, -0.25) is 14.4 Å². The molecule has 3 saturated carbocycles. The number of aliphatic hydroxyl groups excluding tert-OH is 2. The van der Waals surface area contributed by atoms with Crippen molar-refractivity contribution in [2.75, 3.05) is 53.4 Å². The zero-order valence-electron chi connectivity index (χ0n) is 34.0. The Balaban J connectivity index is 1.28. The Morgan fingerprint density at radius 1 is 1.04 bits per heavy atom. The number of para-hydroxylation sites is 1. The second-order valence-electron chi connectivity index (χ2n) is 16.8. The average molecular weight is 790 g/mol. The highest BCUT2D eigenvalue weighted by Gasteiger charge is 2.53. The highest BCUT2D eigenvalue weighted by Crippen LogP contribution is 2.53. The predicted octanol–water partition coefficient (Wildman–Crippen LogP) is 5.25. The van der Waals surface area contributed by atoms with Crippen molar-refractivity contribution in [3.63, 3.8) is 0 Å². The number of carbonyl (C=O) groups excluding carboxylic acids is 2. The smallest absolute Gasteiger partial charge is 0.251 e. The lowest BCUT2D eigenvalue weighted by Gasteiger charge is -2.55. The minimum Gasteiger partial charge on any atom is -0.496 e. The Morgan fingerprint density at radius 3 is 2.38 bits per heavy atom. The van der Waals surface area contributed by atoms with Crippen molar-refractivity contribution in [2.45, 2.75) is 76.9 Å². The number of carbonyl (C=O) groups is 2. The van der Waals surface area contributed by atoms with E-state index in [1.165, 1.54) is 6.42 Å². The summed E-state index contributed by atoms with van der Waals surface area (Å²) in [4.78, 5) is 38.6. The highest BCUT2D eigenvalue weighted by atomic mass is 35.5. The van der Waals surface area contributed by atoms with Crippen LogP contribution in [0.5, 0.6) is 5.75 Å². The molecule has 3 aromatic carbocycles. The number of rotatable bonds is 15. The van der Waals surface area contributed by atoms with Gasteiger partial charge in [0.15, 0.2) is 0 Å². The number of halogens is 1. The summed E-state index contributed by atoms with van der Waals surface area (Å²) >= 11 is 6.14. The number of likely N-dealkylation sites (N-methyl/N-ethyl adjacent to an activating group) is 1. The first-order chi connectivity index (χ1) is 26.7. The fraction of sp³-hybridized carbons (Fsp3) is 0.545. The van der Waals surface area contributed by atoms with Crippen LogP contribution < -0.4 is 20.3 Å². The molecule has 3 aromatic rings. The van der Waals surface area contributed by atoms with Crippen LogP contribution in [0.1, 0.15) is 55.1 Å². The summed E-state index contributed by atoms with van der Waals surface area (Å²) in [6, 6.07) is 18.3. The third kappa shape index (κ3) is 9.03. The first-order valence-electron chi connectivity index (χ1n) is 19.9. The van der Waals surface area contributed by atoms with Gasteiger partial charge in [0.25, 0.3) is 5.91 Å². The summed E-state index contributed by atoms with van der Waals surface area (Å²) in [6.07, 6.45) is 1.15. The number of ether oxygens (including phenoxy) is 1. The van der Waals surface area contributed by atoms with Gasteiger partial charge in [0.1, 0.15) is 17.9 Å². The molecule has 10 atom stereocenters. The normalized spacial score (nSPS) is 27.0. The number of hydrogen-bond donors (Lipinski definition) is 4. The predicted molar refractivity (Wildman–Crippen MR) is 221 cm³/mol. The van der Waals surface area contributed by atoms with Crippen molar-refractivity contribution in [1.29, 1.82) is 0 Å². The summed E-state index contributed by atoms with van der Waals surface area (Å²) in [5.74, 6) is 1.79. The van der Waals surface area contributed by atoms with Gasteiger partial charge in [-0.05, 0) is 105 Å². The Kier molecular flexibility index (Phi) is 13.3. The zero-order chi connectivity index (χ0) is 40.4. The van der Waals surface area contributed by atoms with E-state index in [2.05, 4.69) is 29.4 Å². The lowest BCUT2D eigenvalue weighted by Crippen LogP contribution is -2.59. The topological polar surface area (TPSA) is 127 Å². The minimum atomic E-state index is -0.903. The SMILES string of the molecule is COc1c(CN2O[C@@H](CO)[C@@H]([C@H](C)O)[C@H]2C(=O)N[C@H]2C[C@H]3C[C@H](C3C)[C@@H]2C)cccc1-c1cc(C(=O)N[C@@H](Cc2ccc(Cl)cc2)CN(C)C)cc(N(C)C)c1. The van der Waals surface area contributed by atoms with Gasteiger partial charge in [-0.25, -0.2) is 0 Å². The largest absolute Gasteiger partial charge is 0.496 e. The van der Waals surface area contributed by atoms with Gasteiger partial charge in [0.2, 0.25) is 5.91 Å². The number of benzene rings is 3. The maximum absolute atomic E-state index is 14.2. The Labute approximate surface area is 337 Å². The molecular formula is C44H60ClN5O6. The highest BCUT2D eigenvalue weighted by molar-refractivity contribution is 6.30. The summed E-state index contributed by atoms with van der Waals surface area (Å²) in [5, 5.41) is 30.2. The molecule has 12 heteroatoms. The number of anilines is 1. The molecule has 0 aromatic heterocycles. The third-order valence-electron chi connectivity index (χ3n) is 12.5. The maximum atomic E-state index is 14.2. The molecule has 56 heavy (non-hydrogen) atoms. The van der Waals surface area contributed by atoms with E-state index < -0.39 is 24.2 Å². The van der Waals surface area contributed by atoms with Gasteiger partial charge < -0.3 is 35.4 Å². The molecule has 4 N–H and O–H groups in total. The number of nitrogens with zero attached hydrogens (tertiary/aromatic N) is 3. The van der Waals surface area contributed by atoms with Gasteiger partial charge in [0, 0.05) is 66.0 Å². The van der Waals surface area contributed by atoms with Crippen LogP contribution >= 0.6 is 11.6 Å². The number of amides is 2. The number of hydrogen-bond acceptors (Lipinski definition) is 9. The van der Waals surface area contributed by atoms with E-state index >= 15 is 0 Å². The van der Waals surface area contributed by atoms with Crippen molar-refractivity contribution >= 4 is 29.1 Å². The molecule has 11 nitrogen and oxygen atoms in total. The number of fused-ring (bicyclic) bond motifs is 2. The van der Waals surface area contributed by atoms with Crippen LogP contribution in [0.4, 0.5) is 5.69 Å². The molecule has 1 saturated heterocycles. The van der Waals surface area contributed by atoms with E-state index in [4.69, 9.17) is 21.2 Å². The lowest BCUT2D eigenvalue weighted by atomic mass is 9.52. The molecule has 1 aliphatic heterocycles. The van der Waals surface area contributed by atoms with Gasteiger partial charge >= 0.3 is 0 Å². The van der Waals surface area contributed by atoms with Gasteiger partial charge in [-0.15, -0.1) is 0 Å². The fourth-order valence-corrected chi connectivity index (χ4v) is 9.51. The standard InChI is InChI=1S/C44H60ClN5O6/c1-25-30-20-37(25)26(2)38(21-30)47-44(54)41-40(27(3)52)39(24-51)56-50(41)22-29-10-9-11-36(42(29)55-8)31-17-32(19-35(18-31)49(6)7)43(53)46-34(23-48(4)5)16-28-12-14-33(45)15-13-28/h9-15,17-19,25-27,30,34,37-41,51-52H,16,20-24H2,1-8H3,(H,46,53)(H,47,54)/t25?,26-,27-,30+,34-,37+,38-,39-,40+,41-/m0/s1. The van der Waals surface area contributed by atoms with Crippen LogP contribution in [-0.4, -0.2) is 111 Å². The van der Waals surface area contributed by atoms with E-state index in [1.54, 1.807) is 19.1 Å². The number of nitrogens with one attached hydrogen (secondary N) is 2. The van der Waals surface area contributed by atoms with E-state index in [1.807, 2.05) is 93.8 Å². The molecule has 304 valence electrons. The van der Waals surface area contributed by atoms with E-state index in [0.717, 1.165) is 34.4 Å². The van der Waals surface area contributed by atoms with Crippen molar-refractivity contribution in [3.05, 3.63) is 82.4 Å². The average Bonchev–Trinajstić information content (AvgIpc) is 3.54. The first-order valence-corrected chi connectivity index (χ1v) is 20.3. The molecule has 2 bridgehead atoms. The molecule has 4 fully saturated rings. The monoisotopic (exact) mass is 789 g/mol. The molecule has 1 unspecified atom stereocenters. The van der Waals surface area contributed by atoms with Crippen LogP contribution in [0.25, 0.3) is 11.1 Å². The third-order valence-corrected chi connectivity index (χ3v) is 12.8. The second kappa shape index (κ2) is 17.8. The maximum Gasteiger partial charge on any atom is 0.251 e. The van der Waals surface area contributed by atoms with E-state index in [-0.39, 0.29) is 37.0 Å². The van der Waals surface area contributed by atoms with Crippen LogP contribution in [0.3, 0.4) is 0 Å².